The second-order valence-electron chi connectivity index (χ2n) is 3.76. The third-order valence-corrected chi connectivity index (χ3v) is 2.45. The quantitative estimate of drug-likeness (QED) is 0.850. The number of benzene rings is 1. The van der Waals surface area contributed by atoms with E-state index in [0.29, 0.717) is 18.2 Å². The largest absolute Gasteiger partial charge is 0.491 e. The summed E-state index contributed by atoms with van der Waals surface area (Å²) < 4.78 is 24.0. The summed E-state index contributed by atoms with van der Waals surface area (Å²) in [4.78, 5) is 0. The van der Waals surface area contributed by atoms with E-state index in [2.05, 4.69) is 15.5 Å². The van der Waals surface area contributed by atoms with Crippen molar-refractivity contribution in [2.75, 3.05) is 11.9 Å². The van der Waals surface area contributed by atoms with Gasteiger partial charge in [-0.2, -0.15) is 0 Å². The molecule has 2 rings (SSSR count). The van der Waals surface area contributed by atoms with E-state index in [1.54, 1.807) is 19.9 Å². The summed E-state index contributed by atoms with van der Waals surface area (Å²) in [7, 11) is 0. The molecule has 1 heterocycles. The first kappa shape index (κ1) is 13.6. The number of aromatic nitrogens is 2. The van der Waals surface area contributed by atoms with Crippen molar-refractivity contribution < 1.29 is 13.5 Å². The highest BCUT2D eigenvalue weighted by Crippen LogP contribution is 2.25. The maximum absolute atomic E-state index is 13.6. The normalized spacial score (nSPS) is 12.2. The van der Waals surface area contributed by atoms with Gasteiger partial charge in [0.2, 0.25) is 5.89 Å². The van der Waals surface area contributed by atoms with E-state index in [1.807, 2.05) is 0 Å². The number of halogens is 2. The number of ether oxygens (including phenoxy) is 1. The third kappa shape index (κ3) is 3.35. The number of anilines is 2. The molecule has 1 aromatic carbocycles. The first-order chi connectivity index (χ1) is 9.10. The topological polar surface area (TPSA) is 60.2 Å². The van der Waals surface area contributed by atoms with Gasteiger partial charge in [0.25, 0.3) is 0 Å². The van der Waals surface area contributed by atoms with Crippen LogP contribution in [0.2, 0.25) is 0 Å². The van der Waals surface area contributed by atoms with Gasteiger partial charge in [-0.05, 0) is 26.0 Å². The molecule has 1 unspecified atom stereocenters. The van der Waals surface area contributed by atoms with Gasteiger partial charge in [-0.15, -0.1) is 16.7 Å². The maximum atomic E-state index is 13.6. The van der Waals surface area contributed by atoms with Gasteiger partial charge in [0.1, 0.15) is 5.38 Å². The summed E-state index contributed by atoms with van der Waals surface area (Å²) in [6.45, 7) is 3.92. The zero-order valence-electron chi connectivity index (χ0n) is 10.5. The van der Waals surface area contributed by atoms with Gasteiger partial charge in [0.05, 0.1) is 6.61 Å². The highest BCUT2D eigenvalue weighted by molar-refractivity contribution is 6.20. The first-order valence-electron chi connectivity index (χ1n) is 5.77. The smallest absolute Gasteiger partial charge is 0.320 e. The summed E-state index contributed by atoms with van der Waals surface area (Å²) >= 11 is 5.80. The van der Waals surface area contributed by atoms with Crippen molar-refractivity contribution in [2.45, 2.75) is 19.2 Å². The van der Waals surface area contributed by atoms with Crippen LogP contribution >= 0.6 is 11.6 Å². The zero-order chi connectivity index (χ0) is 13.8. The van der Waals surface area contributed by atoms with Crippen LogP contribution in [0.3, 0.4) is 0 Å². The third-order valence-electron chi connectivity index (χ3n) is 2.26. The number of nitrogens with one attached hydrogen (secondary N) is 1. The molecule has 1 aromatic heterocycles. The van der Waals surface area contributed by atoms with Crippen LogP contribution in [0.15, 0.2) is 22.6 Å². The van der Waals surface area contributed by atoms with Crippen LogP contribution < -0.4 is 10.1 Å². The molecule has 5 nitrogen and oxygen atoms in total. The predicted molar refractivity (Wildman–Crippen MR) is 69.4 cm³/mol. The van der Waals surface area contributed by atoms with Crippen molar-refractivity contribution in [1.29, 1.82) is 0 Å². The minimum Gasteiger partial charge on any atom is -0.491 e. The molecule has 0 saturated carbocycles. The van der Waals surface area contributed by atoms with Gasteiger partial charge in [0.15, 0.2) is 11.6 Å². The fourth-order valence-corrected chi connectivity index (χ4v) is 1.51. The summed E-state index contributed by atoms with van der Waals surface area (Å²) in [6.07, 6.45) is 0. The Hall–Kier alpha value is -1.82. The Balaban J connectivity index is 2.12. The Bertz CT molecular complexity index is 560. The molecule has 1 atom stereocenters. The van der Waals surface area contributed by atoms with Crippen LogP contribution in [0.5, 0.6) is 5.75 Å². The summed E-state index contributed by atoms with van der Waals surface area (Å²) in [5.74, 6) is 0.0431. The number of hydrogen-bond acceptors (Lipinski definition) is 5. The van der Waals surface area contributed by atoms with Crippen LogP contribution in [0.25, 0.3) is 0 Å². The Labute approximate surface area is 114 Å². The monoisotopic (exact) mass is 285 g/mol. The molecule has 0 aliphatic heterocycles. The van der Waals surface area contributed by atoms with Crippen molar-refractivity contribution in [3.63, 3.8) is 0 Å². The van der Waals surface area contributed by atoms with Crippen LogP contribution in [0, 0.1) is 5.82 Å². The molecule has 2 aromatic rings. The van der Waals surface area contributed by atoms with Crippen molar-refractivity contribution >= 4 is 23.3 Å². The molecule has 0 amide bonds. The van der Waals surface area contributed by atoms with Gasteiger partial charge in [0, 0.05) is 11.8 Å². The highest BCUT2D eigenvalue weighted by atomic mass is 35.5. The molecule has 1 N–H and O–H groups in total. The molecular weight excluding hydrogens is 273 g/mol. The molecule has 102 valence electrons. The maximum Gasteiger partial charge on any atom is 0.320 e. The van der Waals surface area contributed by atoms with Crippen LogP contribution in [0.1, 0.15) is 25.1 Å². The van der Waals surface area contributed by atoms with E-state index >= 15 is 0 Å². The van der Waals surface area contributed by atoms with Gasteiger partial charge in [-0.25, -0.2) is 4.39 Å². The molecule has 0 radical (unpaired) electrons. The van der Waals surface area contributed by atoms with Crippen LogP contribution in [-0.4, -0.2) is 16.8 Å². The van der Waals surface area contributed by atoms with E-state index in [-0.39, 0.29) is 17.1 Å². The zero-order valence-corrected chi connectivity index (χ0v) is 11.2. The molecular formula is C12H13ClFN3O2. The van der Waals surface area contributed by atoms with Gasteiger partial charge >= 0.3 is 6.01 Å². The Morgan fingerprint density at radius 3 is 2.84 bits per heavy atom. The lowest BCUT2D eigenvalue weighted by atomic mass is 10.3. The molecule has 0 bridgehead atoms. The average Bonchev–Trinajstić information content (AvgIpc) is 2.81. The SMILES string of the molecule is CCOc1ccc(Nc2nnc(C(C)Cl)o2)cc1F. The Kier molecular flexibility index (Phi) is 4.21. The van der Waals surface area contributed by atoms with Crippen LogP contribution in [0.4, 0.5) is 16.1 Å². The van der Waals surface area contributed by atoms with Crippen molar-refractivity contribution in [3.05, 3.63) is 29.9 Å². The molecule has 0 aliphatic rings. The van der Waals surface area contributed by atoms with Crippen molar-refractivity contribution in [1.82, 2.24) is 10.2 Å². The first-order valence-corrected chi connectivity index (χ1v) is 6.20. The van der Waals surface area contributed by atoms with Crippen molar-refractivity contribution in [2.24, 2.45) is 0 Å². The second kappa shape index (κ2) is 5.88. The fraction of sp³-hybridized carbons (Fsp3) is 0.333. The van der Waals surface area contributed by atoms with Gasteiger partial charge < -0.3 is 14.5 Å². The Morgan fingerprint density at radius 2 is 2.26 bits per heavy atom. The number of alkyl halides is 1. The minimum absolute atomic E-state index is 0.158. The van der Waals surface area contributed by atoms with Crippen molar-refractivity contribution in [3.8, 4) is 5.75 Å². The molecule has 0 saturated heterocycles. The number of hydrogen-bond donors (Lipinski definition) is 1. The number of rotatable bonds is 5. The standard InChI is InChI=1S/C12H13ClFN3O2/c1-3-18-10-5-4-8(6-9(10)14)15-12-17-16-11(19-12)7(2)13/h4-7H,3H2,1-2H3,(H,15,17). The molecule has 19 heavy (non-hydrogen) atoms. The lowest BCUT2D eigenvalue weighted by molar-refractivity contribution is 0.321. The molecule has 0 spiro atoms. The van der Waals surface area contributed by atoms with E-state index < -0.39 is 5.82 Å². The van der Waals surface area contributed by atoms with E-state index in [9.17, 15) is 4.39 Å². The predicted octanol–water partition coefficient (Wildman–Crippen LogP) is 3.65. The van der Waals surface area contributed by atoms with Gasteiger partial charge in [-0.1, -0.05) is 5.10 Å². The summed E-state index contributed by atoms with van der Waals surface area (Å²) in [5.41, 5.74) is 0.485. The lowest BCUT2D eigenvalue weighted by Gasteiger charge is -2.06. The lowest BCUT2D eigenvalue weighted by Crippen LogP contribution is -1.96. The summed E-state index contributed by atoms with van der Waals surface area (Å²) in [5, 5.41) is 9.93. The van der Waals surface area contributed by atoms with Gasteiger partial charge in [-0.3, -0.25) is 0 Å². The molecule has 0 fully saturated rings. The highest BCUT2D eigenvalue weighted by Gasteiger charge is 2.12. The minimum atomic E-state index is -0.461. The fourth-order valence-electron chi connectivity index (χ4n) is 1.42. The molecule has 7 heteroatoms. The number of nitrogens with zero attached hydrogens (tertiary/aromatic N) is 2. The van der Waals surface area contributed by atoms with E-state index in [0.717, 1.165) is 0 Å². The van der Waals surface area contributed by atoms with Crippen LogP contribution in [-0.2, 0) is 0 Å². The summed E-state index contributed by atoms with van der Waals surface area (Å²) in [6, 6.07) is 4.63. The Morgan fingerprint density at radius 1 is 1.47 bits per heavy atom. The second-order valence-corrected chi connectivity index (χ2v) is 4.42. The molecule has 0 aliphatic carbocycles. The van der Waals surface area contributed by atoms with E-state index in [4.69, 9.17) is 20.8 Å². The van der Waals surface area contributed by atoms with E-state index in [1.165, 1.54) is 12.1 Å². The average molecular weight is 286 g/mol.